The fourth-order valence-corrected chi connectivity index (χ4v) is 5.06. The second-order valence-electron chi connectivity index (χ2n) is 15.0. The smallest absolute Gasteiger partial charge is 0.186 e. The Hall–Kier alpha value is -3.13. The summed E-state index contributed by atoms with van der Waals surface area (Å²) in [5, 5.41) is 13.7. The zero-order valence-corrected chi connectivity index (χ0v) is 26.2. The quantitative estimate of drug-likeness (QED) is 0.394. The van der Waals surface area contributed by atoms with E-state index in [4.69, 9.17) is 0 Å². The lowest BCUT2D eigenvalue weighted by atomic mass is 9.70. The fourth-order valence-electron chi connectivity index (χ4n) is 5.06. The van der Waals surface area contributed by atoms with Crippen LogP contribution in [0.1, 0.15) is 111 Å². The van der Waals surface area contributed by atoms with Crippen LogP contribution in [0.3, 0.4) is 0 Å². The molecule has 0 unspecified atom stereocenters. The second-order valence-corrected chi connectivity index (χ2v) is 15.0. The minimum absolute atomic E-state index is 0.112. The van der Waals surface area contributed by atoms with Crippen molar-refractivity contribution in [3.05, 3.63) is 99.7 Å². The van der Waals surface area contributed by atoms with Crippen molar-refractivity contribution >= 4 is 17.4 Å². The summed E-state index contributed by atoms with van der Waals surface area (Å²) >= 11 is 0. The van der Waals surface area contributed by atoms with Crippen LogP contribution in [0.25, 0.3) is 11.6 Å². The Bertz CT molecular complexity index is 1310. The van der Waals surface area contributed by atoms with Crippen LogP contribution in [0.2, 0.25) is 0 Å². The van der Waals surface area contributed by atoms with Gasteiger partial charge >= 0.3 is 0 Å². The Labute approximate surface area is 237 Å². The third-order valence-electron chi connectivity index (χ3n) is 7.42. The molecule has 0 saturated heterocycles. The Balaban J connectivity index is 2.58. The number of benzene rings is 2. The van der Waals surface area contributed by atoms with Gasteiger partial charge in [-0.15, -0.1) is 0 Å². The Morgan fingerprint density at radius 3 is 1.38 bits per heavy atom. The Morgan fingerprint density at radius 2 is 1.05 bits per heavy atom. The van der Waals surface area contributed by atoms with Crippen molar-refractivity contribution in [3.8, 4) is 5.75 Å². The van der Waals surface area contributed by atoms with Crippen molar-refractivity contribution in [2.24, 2.45) is 10.8 Å². The first-order valence-electron chi connectivity index (χ1n) is 14.0. The van der Waals surface area contributed by atoms with Crippen LogP contribution < -0.4 is 0 Å². The summed E-state index contributed by atoms with van der Waals surface area (Å²) in [6, 6.07) is 12.5. The minimum Gasteiger partial charge on any atom is -0.289 e. The molecule has 2 aromatic rings. The molecule has 0 amide bonds. The van der Waals surface area contributed by atoms with Gasteiger partial charge in [-0.2, -0.15) is 0 Å². The van der Waals surface area contributed by atoms with Crippen LogP contribution in [0.5, 0.6) is 5.75 Å². The largest absolute Gasteiger partial charge is 0.289 e. The number of ketones is 1. The van der Waals surface area contributed by atoms with E-state index in [1.54, 1.807) is 0 Å². The van der Waals surface area contributed by atoms with E-state index >= 15 is 0 Å². The number of hydrogen-bond acceptors (Lipinski definition) is 1. The van der Waals surface area contributed by atoms with E-state index in [9.17, 15) is 9.90 Å². The van der Waals surface area contributed by atoms with Crippen molar-refractivity contribution in [1.82, 2.24) is 0 Å². The van der Waals surface area contributed by atoms with E-state index < -0.39 is 0 Å². The molecule has 1 radical (unpaired) electrons. The molecule has 0 spiro atoms. The molecule has 0 fully saturated rings. The van der Waals surface area contributed by atoms with Gasteiger partial charge in [0.1, 0.15) is 0 Å². The van der Waals surface area contributed by atoms with Gasteiger partial charge in [-0.3, -0.25) is 9.90 Å². The molecule has 3 rings (SSSR count). The summed E-state index contributed by atoms with van der Waals surface area (Å²) < 4.78 is 0. The number of rotatable bonds is 3. The molecule has 2 nitrogen and oxygen atoms in total. The van der Waals surface area contributed by atoms with Gasteiger partial charge in [0.15, 0.2) is 11.5 Å². The van der Waals surface area contributed by atoms with Gasteiger partial charge in [0.25, 0.3) is 0 Å². The van der Waals surface area contributed by atoms with Crippen LogP contribution in [0.4, 0.5) is 0 Å². The van der Waals surface area contributed by atoms with Gasteiger partial charge in [0.2, 0.25) is 0 Å². The van der Waals surface area contributed by atoms with Crippen molar-refractivity contribution in [2.45, 2.75) is 93.9 Å². The summed E-state index contributed by atoms with van der Waals surface area (Å²) in [6.45, 7) is 29.1. The van der Waals surface area contributed by atoms with E-state index in [0.717, 1.165) is 50.1 Å². The first-order chi connectivity index (χ1) is 17.7. The average molecular weight is 524 g/mol. The molecule has 39 heavy (non-hydrogen) atoms. The van der Waals surface area contributed by atoms with Crippen LogP contribution in [-0.4, -0.2) is 5.78 Å². The molecule has 207 valence electrons. The third-order valence-corrected chi connectivity index (χ3v) is 7.42. The zero-order valence-electron chi connectivity index (χ0n) is 26.2. The summed E-state index contributed by atoms with van der Waals surface area (Å²) in [5.41, 5.74) is 7.02. The second kappa shape index (κ2) is 10.1. The number of carbonyl (C=O) groups is 1. The summed E-state index contributed by atoms with van der Waals surface area (Å²) in [6.07, 6.45) is 5.99. The van der Waals surface area contributed by atoms with Crippen LogP contribution >= 0.6 is 0 Å². The van der Waals surface area contributed by atoms with Crippen molar-refractivity contribution in [1.29, 1.82) is 0 Å². The van der Waals surface area contributed by atoms with Gasteiger partial charge in [0, 0.05) is 22.3 Å². The molecule has 1 aliphatic rings. The molecule has 0 bridgehead atoms. The minimum atomic E-state index is -0.323. The highest BCUT2D eigenvalue weighted by molar-refractivity contribution is 6.12. The topological polar surface area (TPSA) is 37.0 Å². The summed E-state index contributed by atoms with van der Waals surface area (Å²) in [5.74, 6) is 0.224. The molecule has 1 aliphatic carbocycles. The van der Waals surface area contributed by atoms with Crippen molar-refractivity contribution in [2.75, 3.05) is 0 Å². The van der Waals surface area contributed by atoms with Crippen molar-refractivity contribution < 1.29 is 9.90 Å². The molecule has 0 heterocycles. The van der Waals surface area contributed by atoms with Gasteiger partial charge in [0.05, 0.1) is 0 Å². The van der Waals surface area contributed by atoms with E-state index in [1.165, 1.54) is 0 Å². The van der Waals surface area contributed by atoms with Gasteiger partial charge < -0.3 is 0 Å². The highest BCUT2D eigenvalue weighted by Gasteiger charge is 2.35. The standard InChI is InChI=1S/C37H47O2/c1-14-23-15-17-24(18-16-23)31(25-19-27(34(2,3)4)32(38)28(20-25)35(5,6)7)26-21-29(36(8,9)10)33(39)30(22-26)37(11,12)13/h14-22H,1H2,2-13H3. The molecular weight excluding hydrogens is 476 g/mol. The molecule has 0 aliphatic heterocycles. The maximum atomic E-state index is 13.7. The van der Waals surface area contributed by atoms with Crippen LogP contribution in [0, 0.1) is 10.8 Å². The normalized spacial score (nSPS) is 15.2. The lowest BCUT2D eigenvalue weighted by Gasteiger charge is -2.32. The third kappa shape index (κ3) is 6.38. The molecule has 0 saturated carbocycles. The summed E-state index contributed by atoms with van der Waals surface area (Å²) in [4.78, 5) is 13.7. The maximum absolute atomic E-state index is 13.7. The Kier molecular flexibility index (Phi) is 7.89. The van der Waals surface area contributed by atoms with E-state index in [2.05, 4.69) is 138 Å². The van der Waals surface area contributed by atoms with Crippen molar-refractivity contribution in [3.63, 3.8) is 0 Å². The predicted molar refractivity (Wildman–Crippen MR) is 167 cm³/mol. The number of Topliss-reactive ketones (excluding diaryl/α,β-unsaturated/α-hetero) is 1. The molecular formula is C37H47O2. The zero-order chi connectivity index (χ0) is 29.7. The fraction of sp³-hybridized carbons (Fsp3) is 0.432. The average Bonchev–Trinajstić information content (AvgIpc) is 2.78. The Morgan fingerprint density at radius 1 is 0.641 bits per heavy atom. The van der Waals surface area contributed by atoms with Gasteiger partial charge in [-0.1, -0.05) is 120 Å². The van der Waals surface area contributed by atoms with Gasteiger partial charge in [-0.05, 0) is 73.8 Å². The van der Waals surface area contributed by atoms with Crippen LogP contribution in [0.15, 0.2) is 71.8 Å². The molecule has 0 N–H and O–H groups in total. The maximum Gasteiger partial charge on any atom is 0.186 e. The van der Waals surface area contributed by atoms with E-state index in [1.807, 2.05) is 6.08 Å². The lowest BCUT2D eigenvalue weighted by molar-refractivity contribution is -0.114. The summed E-state index contributed by atoms with van der Waals surface area (Å²) in [7, 11) is 0. The van der Waals surface area contributed by atoms with E-state index in [0.29, 0.717) is 0 Å². The monoisotopic (exact) mass is 523 g/mol. The molecule has 0 atom stereocenters. The number of allylic oxidation sites excluding steroid dienone is 5. The van der Waals surface area contributed by atoms with E-state index in [-0.39, 0.29) is 33.2 Å². The highest BCUT2D eigenvalue weighted by Crippen LogP contribution is 2.45. The van der Waals surface area contributed by atoms with Gasteiger partial charge in [-0.25, -0.2) is 0 Å². The molecule has 2 aromatic carbocycles. The SMILES string of the molecule is C=Cc1ccc(C(=C2C=C(C(C)(C)C)C(=O)C(C(C)(C)C)=C2)c2cc(C(C)(C)C)c([O])c(C(C)(C)C)c2)cc1. The molecule has 2 heteroatoms. The number of hydrogen-bond donors (Lipinski definition) is 0. The lowest BCUT2D eigenvalue weighted by Crippen LogP contribution is -2.28. The highest BCUT2D eigenvalue weighted by atomic mass is 16.3. The molecule has 0 aromatic heterocycles. The number of carbonyl (C=O) groups excluding carboxylic acids is 1. The predicted octanol–water partition coefficient (Wildman–Crippen LogP) is 10.4. The van der Waals surface area contributed by atoms with Crippen LogP contribution in [-0.2, 0) is 20.7 Å². The first kappa shape index (κ1) is 30.4. The first-order valence-corrected chi connectivity index (χ1v) is 14.0.